The van der Waals surface area contributed by atoms with E-state index in [4.69, 9.17) is 9.15 Å². The van der Waals surface area contributed by atoms with Crippen LogP contribution in [0.2, 0.25) is 0 Å². The average molecular weight is 343 g/mol. The summed E-state index contributed by atoms with van der Waals surface area (Å²) in [7, 11) is 0. The third-order valence-electron chi connectivity index (χ3n) is 3.74. The minimum absolute atomic E-state index is 0.0921. The topological polar surface area (TPSA) is 69.3 Å². The summed E-state index contributed by atoms with van der Waals surface area (Å²) in [4.78, 5) is 12.4. The molecule has 1 N–H and O–H groups in total. The summed E-state index contributed by atoms with van der Waals surface area (Å²) >= 11 is 0. The standard InChI is InChI=1S/C18H18FN3O3/c1-4-22-12(3)17(11(2)21-22)20-18(23)15-8-9-16(25-15)24-14-7-5-6-13(19)10-14/h5-10H,4H2,1-3H3,(H,20,23). The van der Waals surface area contributed by atoms with Crippen LogP contribution in [0.3, 0.4) is 0 Å². The van der Waals surface area contributed by atoms with E-state index in [1.807, 2.05) is 25.5 Å². The van der Waals surface area contributed by atoms with Crippen LogP contribution in [0.15, 0.2) is 40.8 Å². The highest BCUT2D eigenvalue weighted by molar-refractivity contribution is 6.03. The van der Waals surface area contributed by atoms with Crippen molar-refractivity contribution < 1.29 is 18.3 Å². The van der Waals surface area contributed by atoms with Gasteiger partial charge in [-0.05, 0) is 39.0 Å². The highest BCUT2D eigenvalue weighted by Crippen LogP contribution is 2.26. The Morgan fingerprint density at radius 3 is 2.80 bits per heavy atom. The first-order chi connectivity index (χ1) is 12.0. The molecule has 0 aliphatic carbocycles. The predicted octanol–water partition coefficient (Wildman–Crippen LogP) is 4.30. The SMILES string of the molecule is CCn1nc(C)c(NC(=O)c2ccc(Oc3cccc(F)c3)o2)c1C. The highest BCUT2D eigenvalue weighted by atomic mass is 19.1. The first-order valence-electron chi connectivity index (χ1n) is 7.86. The molecule has 1 amide bonds. The Morgan fingerprint density at radius 2 is 2.12 bits per heavy atom. The summed E-state index contributed by atoms with van der Waals surface area (Å²) in [6.45, 7) is 6.41. The third kappa shape index (κ3) is 3.55. The largest absolute Gasteiger partial charge is 0.426 e. The number of nitrogens with zero attached hydrogens (tertiary/aromatic N) is 2. The number of hydrogen-bond acceptors (Lipinski definition) is 4. The number of hydrogen-bond donors (Lipinski definition) is 1. The van der Waals surface area contributed by atoms with Crippen LogP contribution in [0.1, 0.15) is 28.9 Å². The number of anilines is 1. The van der Waals surface area contributed by atoms with E-state index < -0.39 is 11.7 Å². The number of carbonyl (C=O) groups is 1. The van der Waals surface area contributed by atoms with E-state index in [9.17, 15) is 9.18 Å². The van der Waals surface area contributed by atoms with Gasteiger partial charge < -0.3 is 14.5 Å². The van der Waals surface area contributed by atoms with E-state index in [-0.39, 0.29) is 17.5 Å². The van der Waals surface area contributed by atoms with Crippen molar-refractivity contribution in [2.45, 2.75) is 27.3 Å². The zero-order valence-electron chi connectivity index (χ0n) is 14.2. The number of aryl methyl sites for hydroxylation is 2. The fraction of sp³-hybridized carbons (Fsp3) is 0.222. The molecule has 0 saturated heterocycles. The number of nitrogens with one attached hydrogen (secondary N) is 1. The van der Waals surface area contributed by atoms with Crippen LogP contribution in [-0.2, 0) is 6.54 Å². The van der Waals surface area contributed by atoms with Crippen molar-refractivity contribution in [1.29, 1.82) is 0 Å². The maximum absolute atomic E-state index is 13.2. The van der Waals surface area contributed by atoms with E-state index >= 15 is 0 Å². The van der Waals surface area contributed by atoms with Gasteiger partial charge in [0, 0.05) is 18.7 Å². The molecule has 1 aromatic carbocycles. The van der Waals surface area contributed by atoms with Gasteiger partial charge in [0.25, 0.3) is 11.9 Å². The van der Waals surface area contributed by atoms with Gasteiger partial charge >= 0.3 is 0 Å². The number of furan rings is 1. The molecule has 2 aromatic heterocycles. The lowest BCUT2D eigenvalue weighted by atomic mass is 10.3. The van der Waals surface area contributed by atoms with E-state index in [1.54, 1.807) is 6.07 Å². The van der Waals surface area contributed by atoms with Crippen molar-refractivity contribution in [3.8, 4) is 11.7 Å². The van der Waals surface area contributed by atoms with Crippen LogP contribution in [0, 0.1) is 19.7 Å². The maximum Gasteiger partial charge on any atom is 0.291 e. The molecule has 25 heavy (non-hydrogen) atoms. The minimum Gasteiger partial charge on any atom is -0.426 e. The summed E-state index contributed by atoms with van der Waals surface area (Å²) in [6.07, 6.45) is 0. The molecular weight excluding hydrogens is 325 g/mol. The monoisotopic (exact) mass is 343 g/mol. The summed E-state index contributed by atoms with van der Waals surface area (Å²) in [5.41, 5.74) is 2.27. The zero-order valence-corrected chi connectivity index (χ0v) is 14.2. The van der Waals surface area contributed by atoms with E-state index in [2.05, 4.69) is 10.4 Å². The van der Waals surface area contributed by atoms with Gasteiger partial charge in [-0.15, -0.1) is 0 Å². The molecule has 3 aromatic rings. The Morgan fingerprint density at radius 1 is 1.32 bits per heavy atom. The van der Waals surface area contributed by atoms with E-state index in [1.165, 1.54) is 30.3 Å². The van der Waals surface area contributed by atoms with Gasteiger partial charge in [0.15, 0.2) is 5.76 Å². The second-order valence-corrected chi connectivity index (χ2v) is 5.49. The molecule has 6 nitrogen and oxygen atoms in total. The molecule has 3 rings (SSSR count). The van der Waals surface area contributed by atoms with Crippen LogP contribution >= 0.6 is 0 Å². The fourth-order valence-electron chi connectivity index (χ4n) is 2.50. The Balaban J connectivity index is 1.74. The summed E-state index contributed by atoms with van der Waals surface area (Å²) in [5, 5.41) is 7.16. The number of ether oxygens (including phenoxy) is 1. The molecule has 7 heteroatoms. The molecule has 0 unspecified atom stereocenters. The van der Waals surface area contributed by atoms with Crippen molar-refractivity contribution in [1.82, 2.24) is 9.78 Å². The first-order valence-corrected chi connectivity index (χ1v) is 7.86. The summed E-state index contributed by atoms with van der Waals surface area (Å²) < 4.78 is 25.8. The van der Waals surface area contributed by atoms with Crippen molar-refractivity contribution in [3.63, 3.8) is 0 Å². The Hall–Kier alpha value is -3.09. The molecule has 0 spiro atoms. The first kappa shape index (κ1) is 16.8. The van der Waals surface area contributed by atoms with Crippen LogP contribution in [0.4, 0.5) is 10.1 Å². The lowest BCUT2D eigenvalue weighted by Crippen LogP contribution is -2.12. The van der Waals surface area contributed by atoms with E-state index in [0.29, 0.717) is 5.69 Å². The lowest BCUT2D eigenvalue weighted by Gasteiger charge is -2.04. The average Bonchev–Trinajstić information content (AvgIpc) is 3.14. The van der Waals surface area contributed by atoms with Gasteiger partial charge in [-0.3, -0.25) is 9.48 Å². The maximum atomic E-state index is 13.2. The summed E-state index contributed by atoms with van der Waals surface area (Å²) in [6, 6.07) is 8.67. The van der Waals surface area contributed by atoms with Crippen molar-refractivity contribution in [3.05, 3.63) is 59.4 Å². The van der Waals surface area contributed by atoms with Gasteiger partial charge in [-0.1, -0.05) is 6.07 Å². The molecule has 2 heterocycles. The molecule has 0 bridgehead atoms. The Kier molecular flexibility index (Phi) is 4.56. The van der Waals surface area contributed by atoms with Gasteiger partial charge in [-0.25, -0.2) is 4.39 Å². The number of halogens is 1. The van der Waals surface area contributed by atoms with Gasteiger partial charge in [0.2, 0.25) is 0 Å². The fourth-order valence-corrected chi connectivity index (χ4v) is 2.50. The zero-order chi connectivity index (χ0) is 18.0. The molecule has 0 atom stereocenters. The second-order valence-electron chi connectivity index (χ2n) is 5.49. The number of aromatic nitrogens is 2. The Labute approximate surface area is 144 Å². The lowest BCUT2D eigenvalue weighted by molar-refractivity contribution is 0.0991. The molecular formula is C18H18FN3O3. The normalized spacial score (nSPS) is 10.7. The summed E-state index contributed by atoms with van der Waals surface area (Å²) in [5.74, 6) is -0.336. The number of rotatable bonds is 5. The van der Waals surface area contributed by atoms with Crippen LogP contribution in [0.5, 0.6) is 11.7 Å². The predicted molar refractivity (Wildman–Crippen MR) is 90.5 cm³/mol. The molecule has 0 radical (unpaired) electrons. The smallest absolute Gasteiger partial charge is 0.291 e. The molecule has 0 saturated carbocycles. The van der Waals surface area contributed by atoms with Gasteiger partial charge in [-0.2, -0.15) is 5.10 Å². The van der Waals surface area contributed by atoms with Crippen LogP contribution < -0.4 is 10.1 Å². The quantitative estimate of drug-likeness (QED) is 0.750. The number of carbonyl (C=O) groups excluding carboxylic acids is 1. The molecule has 0 aliphatic heterocycles. The number of amides is 1. The Bertz CT molecular complexity index is 914. The third-order valence-corrected chi connectivity index (χ3v) is 3.74. The molecule has 0 fully saturated rings. The van der Waals surface area contributed by atoms with Gasteiger partial charge in [0.05, 0.1) is 17.1 Å². The number of benzene rings is 1. The van der Waals surface area contributed by atoms with Crippen LogP contribution in [-0.4, -0.2) is 15.7 Å². The molecule has 0 aliphatic rings. The van der Waals surface area contributed by atoms with Crippen molar-refractivity contribution in [2.75, 3.05) is 5.32 Å². The minimum atomic E-state index is -0.416. The van der Waals surface area contributed by atoms with Crippen molar-refractivity contribution >= 4 is 11.6 Å². The van der Waals surface area contributed by atoms with Crippen molar-refractivity contribution in [2.24, 2.45) is 0 Å². The second kappa shape index (κ2) is 6.80. The van der Waals surface area contributed by atoms with Crippen LogP contribution in [0.25, 0.3) is 0 Å². The highest BCUT2D eigenvalue weighted by Gasteiger charge is 2.17. The van der Waals surface area contributed by atoms with E-state index in [0.717, 1.165) is 17.9 Å². The van der Waals surface area contributed by atoms with Gasteiger partial charge in [0.1, 0.15) is 11.6 Å². The molecule has 130 valence electrons.